The Bertz CT molecular complexity index is 2420. The van der Waals surface area contributed by atoms with Crippen LogP contribution in [0.25, 0.3) is 66.5 Å². The van der Waals surface area contributed by atoms with Crippen LogP contribution in [0.15, 0.2) is 102 Å². The Balaban J connectivity index is 0.000000173. The van der Waals surface area contributed by atoms with Crippen LogP contribution in [-0.2, 0) is 33.6 Å². The molecule has 0 saturated heterocycles. The van der Waals surface area contributed by atoms with Crippen molar-refractivity contribution >= 4 is 57.1 Å². The summed E-state index contributed by atoms with van der Waals surface area (Å²) in [6.45, 7) is 13.8. The smallest absolute Gasteiger partial charge is 0.216 e. The molecule has 5 nitrogen and oxygen atoms in total. The number of aryl methyl sites for hydroxylation is 2. The first-order valence-electron chi connectivity index (χ1n) is 16.6. The summed E-state index contributed by atoms with van der Waals surface area (Å²) < 4.78 is 8.21. The van der Waals surface area contributed by atoms with E-state index < -0.39 is 8.07 Å². The molecule has 0 bridgehead atoms. The first-order valence-corrected chi connectivity index (χ1v) is 20.1. The SMILES string of the molecule is Cc1c[c-]c(-c2cc(CC(C)C)c([Si](C)(C)C)cn2)cc1.Cn1c(-c2[c-]ccc3c2oc2ncccc23)nc2ccc3ccccc3c21.[Ir]. The standard InChI is InChI=1S/C23H14N3O.C19H26NSi.Ir/c1-26-20-15-7-3-2-6-14(15)11-12-19(20)25-22(26)18-9-4-8-16-17-10-5-13-24-23(17)27-21(16)18;1-14(2)11-17-12-18(16-9-7-15(3)8-10-16)20-13-19(17)21(4,5)6;/h2-8,10-13H,1H3;7-9,12-14H,11H2,1-6H3;/q2*-1;. The van der Waals surface area contributed by atoms with Crippen molar-refractivity contribution in [2.75, 3.05) is 0 Å². The summed E-state index contributed by atoms with van der Waals surface area (Å²) in [5.74, 6) is 1.50. The third-order valence-electron chi connectivity index (χ3n) is 8.86. The van der Waals surface area contributed by atoms with Gasteiger partial charge in [-0.25, -0.2) is 4.98 Å². The summed E-state index contributed by atoms with van der Waals surface area (Å²) in [6.07, 6.45) is 4.99. The molecule has 0 saturated carbocycles. The molecule has 0 amide bonds. The van der Waals surface area contributed by atoms with E-state index in [-0.39, 0.29) is 20.1 Å². The number of nitrogens with zero attached hydrogens (tertiary/aromatic N) is 4. The van der Waals surface area contributed by atoms with E-state index in [1.807, 2.05) is 37.4 Å². The fourth-order valence-electron chi connectivity index (χ4n) is 6.54. The van der Waals surface area contributed by atoms with Crippen molar-refractivity contribution < 1.29 is 24.5 Å². The monoisotopic (exact) mass is 837 g/mol. The van der Waals surface area contributed by atoms with Gasteiger partial charge in [0, 0.05) is 50.3 Å². The Morgan fingerprint density at radius 3 is 2.43 bits per heavy atom. The van der Waals surface area contributed by atoms with Gasteiger partial charge in [-0.3, -0.25) is 4.98 Å². The molecule has 1 radical (unpaired) electrons. The number of benzene rings is 4. The van der Waals surface area contributed by atoms with Crippen molar-refractivity contribution in [3.63, 3.8) is 0 Å². The summed E-state index contributed by atoms with van der Waals surface area (Å²) in [5, 5.41) is 5.92. The van der Waals surface area contributed by atoms with Crippen LogP contribution in [0.2, 0.25) is 19.6 Å². The molecule has 0 aliphatic carbocycles. The van der Waals surface area contributed by atoms with Crippen LogP contribution < -0.4 is 5.19 Å². The number of pyridine rings is 2. The Labute approximate surface area is 302 Å². The van der Waals surface area contributed by atoms with Crippen molar-refractivity contribution in [2.45, 2.75) is 46.8 Å². The molecule has 249 valence electrons. The average Bonchev–Trinajstić information content (AvgIpc) is 3.62. The maximum atomic E-state index is 6.08. The Morgan fingerprint density at radius 2 is 1.67 bits per heavy atom. The Kier molecular flexibility index (Phi) is 9.72. The van der Waals surface area contributed by atoms with Crippen molar-refractivity contribution in [1.82, 2.24) is 19.5 Å². The van der Waals surface area contributed by atoms with Crippen LogP contribution in [0.5, 0.6) is 0 Å². The third-order valence-corrected chi connectivity index (χ3v) is 10.9. The van der Waals surface area contributed by atoms with E-state index in [1.165, 1.54) is 27.1 Å². The number of hydrogen-bond donors (Lipinski definition) is 0. The van der Waals surface area contributed by atoms with Gasteiger partial charge in [0.25, 0.3) is 0 Å². The second-order valence-corrected chi connectivity index (χ2v) is 19.1. The largest absolute Gasteiger partial charge is 0.486 e. The Morgan fingerprint density at radius 1 is 0.878 bits per heavy atom. The molecule has 0 fully saturated rings. The maximum absolute atomic E-state index is 6.08. The number of fused-ring (bicyclic) bond motifs is 6. The molecular weight excluding hydrogens is 797 g/mol. The van der Waals surface area contributed by atoms with Crippen molar-refractivity contribution in [1.29, 1.82) is 0 Å². The molecule has 4 aromatic carbocycles. The summed E-state index contributed by atoms with van der Waals surface area (Å²) in [5.41, 5.74) is 9.19. The molecule has 4 aromatic heterocycles. The molecule has 8 aromatic rings. The second-order valence-electron chi connectivity index (χ2n) is 14.1. The molecule has 0 unspecified atom stereocenters. The van der Waals surface area contributed by atoms with E-state index in [2.05, 4.69) is 123 Å². The van der Waals surface area contributed by atoms with Gasteiger partial charge in [0.05, 0.1) is 30.5 Å². The molecular formula is C42H40IrN4OSi-2. The summed E-state index contributed by atoms with van der Waals surface area (Å²) in [7, 11) is 0.696. The molecule has 4 heterocycles. The van der Waals surface area contributed by atoms with Crippen LogP contribution in [0.1, 0.15) is 25.0 Å². The van der Waals surface area contributed by atoms with Crippen molar-refractivity contribution in [2.24, 2.45) is 13.0 Å². The van der Waals surface area contributed by atoms with Gasteiger partial charge >= 0.3 is 0 Å². The number of imidazole rings is 1. The average molecular weight is 837 g/mol. The molecule has 8 rings (SSSR count). The molecule has 0 spiro atoms. The molecule has 0 N–H and O–H groups in total. The normalized spacial score (nSPS) is 11.7. The molecule has 0 atom stereocenters. The molecule has 49 heavy (non-hydrogen) atoms. The van der Waals surface area contributed by atoms with Gasteiger partial charge in [-0.05, 0) is 46.8 Å². The first kappa shape index (κ1) is 34.4. The van der Waals surface area contributed by atoms with Gasteiger partial charge in [-0.2, -0.15) is 0 Å². The molecule has 7 heteroatoms. The van der Waals surface area contributed by atoms with Crippen LogP contribution >= 0.6 is 0 Å². The summed E-state index contributed by atoms with van der Waals surface area (Å²) in [6, 6.07) is 35.7. The van der Waals surface area contributed by atoms with Gasteiger partial charge in [0.2, 0.25) is 5.71 Å². The zero-order valence-electron chi connectivity index (χ0n) is 29.1. The molecule has 0 aliphatic rings. The first-order chi connectivity index (χ1) is 23.1. The number of aromatic nitrogens is 4. The van der Waals surface area contributed by atoms with Crippen LogP contribution in [0, 0.1) is 25.0 Å². The van der Waals surface area contributed by atoms with Crippen LogP contribution in [0.4, 0.5) is 0 Å². The van der Waals surface area contributed by atoms with E-state index in [4.69, 9.17) is 14.4 Å². The minimum atomic E-state index is -1.35. The van der Waals surface area contributed by atoms with Gasteiger partial charge in [0.1, 0.15) is 0 Å². The number of hydrogen-bond acceptors (Lipinski definition) is 4. The Hall–Kier alpha value is -4.42. The van der Waals surface area contributed by atoms with E-state index in [1.54, 1.807) is 6.20 Å². The van der Waals surface area contributed by atoms with Crippen LogP contribution in [-0.4, -0.2) is 27.6 Å². The predicted molar refractivity (Wildman–Crippen MR) is 202 cm³/mol. The van der Waals surface area contributed by atoms with E-state index in [9.17, 15) is 0 Å². The summed E-state index contributed by atoms with van der Waals surface area (Å²) >= 11 is 0. The third kappa shape index (κ3) is 6.76. The van der Waals surface area contributed by atoms with Crippen molar-refractivity contribution in [3.05, 3.63) is 121 Å². The van der Waals surface area contributed by atoms with E-state index in [0.29, 0.717) is 11.6 Å². The van der Waals surface area contributed by atoms with Crippen molar-refractivity contribution in [3.8, 4) is 22.6 Å². The fraction of sp³-hybridized carbons (Fsp3) is 0.214. The minimum Gasteiger partial charge on any atom is -0.486 e. The van der Waals surface area contributed by atoms with E-state index >= 15 is 0 Å². The van der Waals surface area contributed by atoms with E-state index in [0.717, 1.165) is 56.5 Å². The number of rotatable bonds is 5. The van der Waals surface area contributed by atoms with Crippen LogP contribution in [0.3, 0.4) is 0 Å². The molecule has 0 aliphatic heterocycles. The topological polar surface area (TPSA) is 56.7 Å². The number of furan rings is 1. The van der Waals surface area contributed by atoms with Gasteiger partial charge in [-0.1, -0.05) is 93.3 Å². The van der Waals surface area contributed by atoms with Gasteiger partial charge in [-0.15, -0.1) is 53.6 Å². The minimum absolute atomic E-state index is 0. The zero-order chi connectivity index (χ0) is 33.6. The summed E-state index contributed by atoms with van der Waals surface area (Å²) in [4.78, 5) is 14.0. The fourth-order valence-corrected chi connectivity index (χ4v) is 8.13. The van der Waals surface area contributed by atoms with Gasteiger partial charge < -0.3 is 14.0 Å². The predicted octanol–water partition coefficient (Wildman–Crippen LogP) is 10.1. The zero-order valence-corrected chi connectivity index (χ0v) is 32.4. The maximum Gasteiger partial charge on any atom is 0.216 e. The quantitative estimate of drug-likeness (QED) is 0.128. The van der Waals surface area contributed by atoms with Gasteiger partial charge in [0.15, 0.2) is 0 Å². The second kappa shape index (κ2) is 13.8.